The lowest BCUT2D eigenvalue weighted by molar-refractivity contribution is 0.256. The molecule has 12 heteroatoms. The molecule has 0 aliphatic heterocycles. The van der Waals surface area contributed by atoms with Gasteiger partial charge < -0.3 is 9.15 Å². The largest absolute Gasteiger partial charge is 0.467 e. The van der Waals surface area contributed by atoms with Gasteiger partial charge in [0.15, 0.2) is 0 Å². The van der Waals surface area contributed by atoms with Crippen molar-refractivity contribution in [3.63, 3.8) is 0 Å². The molecular weight excluding hydrogens is 376 g/mol. The zero-order valence-electron chi connectivity index (χ0n) is 14.2. The fourth-order valence-electron chi connectivity index (χ4n) is 2.14. The van der Waals surface area contributed by atoms with E-state index in [9.17, 15) is 13.2 Å². The topological polar surface area (TPSA) is 149 Å². The second kappa shape index (κ2) is 7.37. The molecule has 11 nitrogen and oxygen atoms in total. The first-order valence-electron chi connectivity index (χ1n) is 7.48. The fourth-order valence-corrected chi connectivity index (χ4v) is 3.25. The number of carbonyl (C=O) groups excluding carboxylic acids is 1. The van der Waals surface area contributed by atoms with E-state index in [2.05, 4.69) is 25.3 Å². The fraction of sp³-hybridized carbons (Fsp3) is 0.133. The first kappa shape index (κ1) is 18.3. The number of carbonyl (C=O) groups is 1. The Morgan fingerprint density at radius 1 is 1.19 bits per heavy atom. The number of amides is 2. The summed E-state index contributed by atoms with van der Waals surface area (Å²) in [6.07, 6.45) is 2.70. The molecule has 3 aromatic rings. The Morgan fingerprint density at radius 3 is 2.67 bits per heavy atom. The summed E-state index contributed by atoms with van der Waals surface area (Å²) in [5.74, 6) is 0.233. The van der Waals surface area contributed by atoms with Crippen LogP contribution in [0.5, 0.6) is 6.01 Å². The highest BCUT2D eigenvalue weighted by molar-refractivity contribution is 7.90. The minimum Gasteiger partial charge on any atom is -0.467 e. The van der Waals surface area contributed by atoms with E-state index in [0.29, 0.717) is 0 Å². The van der Waals surface area contributed by atoms with Gasteiger partial charge in [-0.05, 0) is 19.1 Å². The van der Waals surface area contributed by atoms with Crippen LogP contribution >= 0.6 is 0 Å². The Morgan fingerprint density at radius 2 is 1.96 bits per heavy atom. The van der Waals surface area contributed by atoms with Gasteiger partial charge in [-0.15, -0.1) is 0 Å². The minimum atomic E-state index is -4.23. The van der Waals surface area contributed by atoms with E-state index in [1.54, 1.807) is 13.0 Å². The molecule has 0 aliphatic rings. The van der Waals surface area contributed by atoms with Gasteiger partial charge in [0.1, 0.15) is 17.0 Å². The molecule has 27 heavy (non-hydrogen) atoms. The van der Waals surface area contributed by atoms with Crippen LogP contribution in [0.3, 0.4) is 0 Å². The van der Waals surface area contributed by atoms with E-state index < -0.39 is 16.1 Å². The standard InChI is InChI=1S/C15H14N6O5S/c1-9-17-13(20-15(18-9)25-2)19-14(22)21-27(23,24)11-6-4-3-5-10(11)12-16-7-8-26-12/h3-8H,1-2H3,(H2,17,18,19,20,21,22). The van der Waals surface area contributed by atoms with Gasteiger partial charge in [-0.2, -0.15) is 15.0 Å². The third kappa shape index (κ3) is 4.17. The summed E-state index contributed by atoms with van der Waals surface area (Å²) in [6, 6.07) is 4.90. The normalized spacial score (nSPS) is 11.0. The van der Waals surface area contributed by atoms with Crippen LogP contribution < -0.4 is 14.8 Å². The van der Waals surface area contributed by atoms with Gasteiger partial charge in [0.25, 0.3) is 10.0 Å². The molecule has 140 valence electrons. The highest BCUT2D eigenvalue weighted by atomic mass is 32.2. The first-order valence-corrected chi connectivity index (χ1v) is 8.97. The molecule has 2 N–H and O–H groups in total. The van der Waals surface area contributed by atoms with Crippen LogP contribution in [0.1, 0.15) is 5.82 Å². The van der Waals surface area contributed by atoms with Crippen LogP contribution in [-0.2, 0) is 10.0 Å². The second-order valence-corrected chi connectivity index (χ2v) is 6.74. The van der Waals surface area contributed by atoms with Crippen molar-refractivity contribution in [2.75, 3.05) is 12.4 Å². The number of urea groups is 1. The number of anilines is 1. The third-order valence-electron chi connectivity index (χ3n) is 3.20. The number of nitrogens with one attached hydrogen (secondary N) is 2. The summed E-state index contributed by atoms with van der Waals surface area (Å²) in [6.45, 7) is 1.57. The zero-order chi connectivity index (χ0) is 19.4. The first-order chi connectivity index (χ1) is 12.9. The van der Waals surface area contributed by atoms with Crippen LogP contribution in [0.4, 0.5) is 10.7 Å². The number of rotatable bonds is 5. The van der Waals surface area contributed by atoms with E-state index >= 15 is 0 Å². The average molecular weight is 390 g/mol. The summed E-state index contributed by atoms with van der Waals surface area (Å²) in [5, 5.41) is 2.23. The monoisotopic (exact) mass is 390 g/mol. The molecule has 0 radical (unpaired) electrons. The highest BCUT2D eigenvalue weighted by Gasteiger charge is 2.24. The van der Waals surface area contributed by atoms with Gasteiger partial charge in [-0.1, -0.05) is 12.1 Å². The van der Waals surface area contributed by atoms with Gasteiger partial charge >= 0.3 is 12.0 Å². The number of ether oxygens (including phenoxy) is 1. The molecule has 0 atom stereocenters. The molecule has 0 fully saturated rings. The molecule has 0 bridgehead atoms. The smallest absolute Gasteiger partial charge is 0.335 e. The van der Waals surface area contributed by atoms with Crippen molar-refractivity contribution in [1.82, 2.24) is 24.7 Å². The van der Waals surface area contributed by atoms with Crippen molar-refractivity contribution in [3.05, 3.63) is 42.5 Å². The Bertz CT molecular complexity index is 1070. The number of sulfonamides is 1. The van der Waals surface area contributed by atoms with Gasteiger partial charge in [0, 0.05) is 0 Å². The average Bonchev–Trinajstić information content (AvgIpc) is 3.15. The SMILES string of the molecule is COc1nc(C)nc(NC(=O)NS(=O)(=O)c2ccccc2-c2ncco2)n1. The van der Waals surface area contributed by atoms with E-state index in [1.165, 1.54) is 37.8 Å². The third-order valence-corrected chi connectivity index (χ3v) is 4.59. The number of aromatic nitrogens is 4. The predicted octanol–water partition coefficient (Wildman–Crippen LogP) is 1.35. The van der Waals surface area contributed by atoms with Crippen molar-refractivity contribution in [2.45, 2.75) is 11.8 Å². The number of benzene rings is 1. The van der Waals surface area contributed by atoms with Gasteiger partial charge in [-0.25, -0.2) is 22.9 Å². The van der Waals surface area contributed by atoms with Crippen molar-refractivity contribution in [3.8, 4) is 17.5 Å². The lowest BCUT2D eigenvalue weighted by atomic mass is 10.2. The van der Waals surface area contributed by atoms with Crippen LogP contribution in [0.15, 0.2) is 46.0 Å². The van der Waals surface area contributed by atoms with Crippen LogP contribution in [0.25, 0.3) is 11.5 Å². The molecule has 0 aliphatic carbocycles. The number of oxazole rings is 1. The van der Waals surface area contributed by atoms with E-state index in [1.807, 2.05) is 4.72 Å². The Kier molecular flexibility index (Phi) is 4.98. The molecule has 0 unspecified atom stereocenters. The van der Waals surface area contributed by atoms with E-state index in [4.69, 9.17) is 9.15 Å². The van der Waals surface area contributed by atoms with Crippen molar-refractivity contribution >= 4 is 22.0 Å². The molecular formula is C15H14N6O5S. The maximum absolute atomic E-state index is 12.6. The molecule has 2 amide bonds. The Hall–Kier alpha value is -3.54. The van der Waals surface area contributed by atoms with Crippen LogP contribution in [0.2, 0.25) is 0 Å². The Balaban J connectivity index is 1.83. The molecule has 0 saturated heterocycles. The molecule has 1 aromatic carbocycles. The molecule has 2 aromatic heterocycles. The Labute approximate surface area is 153 Å². The lowest BCUT2D eigenvalue weighted by Crippen LogP contribution is -2.35. The highest BCUT2D eigenvalue weighted by Crippen LogP contribution is 2.25. The van der Waals surface area contributed by atoms with Gasteiger partial charge in [0.2, 0.25) is 11.8 Å². The summed E-state index contributed by atoms with van der Waals surface area (Å²) < 4.78 is 37.2. The second-order valence-electron chi connectivity index (χ2n) is 5.09. The summed E-state index contributed by atoms with van der Waals surface area (Å²) in [7, 11) is -2.88. The van der Waals surface area contributed by atoms with E-state index in [-0.39, 0.29) is 34.1 Å². The molecule has 0 saturated carbocycles. The number of hydrogen-bond acceptors (Lipinski definition) is 9. The number of nitrogens with zero attached hydrogens (tertiary/aromatic N) is 4. The van der Waals surface area contributed by atoms with Crippen molar-refractivity contribution in [1.29, 1.82) is 0 Å². The van der Waals surface area contributed by atoms with Crippen LogP contribution in [0, 0.1) is 6.92 Å². The van der Waals surface area contributed by atoms with Crippen molar-refractivity contribution < 1.29 is 22.4 Å². The lowest BCUT2D eigenvalue weighted by Gasteiger charge is -2.10. The molecule has 0 spiro atoms. The van der Waals surface area contributed by atoms with Crippen molar-refractivity contribution in [2.24, 2.45) is 0 Å². The van der Waals surface area contributed by atoms with Gasteiger partial charge in [0.05, 0.1) is 18.9 Å². The zero-order valence-corrected chi connectivity index (χ0v) is 15.0. The summed E-state index contributed by atoms with van der Waals surface area (Å²) in [4.78, 5) is 27.5. The minimum absolute atomic E-state index is 0.0186. The maximum Gasteiger partial charge on any atom is 0.335 e. The number of methoxy groups -OCH3 is 1. The summed E-state index contributed by atoms with van der Waals surface area (Å²) >= 11 is 0. The quantitative estimate of drug-likeness (QED) is 0.658. The number of hydrogen-bond donors (Lipinski definition) is 2. The maximum atomic E-state index is 12.6. The number of aryl methyl sites for hydroxylation is 1. The molecule has 3 rings (SSSR count). The van der Waals surface area contributed by atoms with Gasteiger partial charge in [-0.3, -0.25) is 5.32 Å². The van der Waals surface area contributed by atoms with Crippen LogP contribution in [-0.4, -0.2) is 41.5 Å². The molecule has 2 heterocycles. The summed E-state index contributed by atoms with van der Waals surface area (Å²) in [5.41, 5.74) is 0.209. The van der Waals surface area contributed by atoms with E-state index in [0.717, 1.165) is 0 Å². The predicted molar refractivity (Wildman–Crippen MR) is 92.4 cm³/mol.